The second-order valence-corrected chi connectivity index (χ2v) is 8.32. The number of benzene rings is 2. The molecule has 0 radical (unpaired) electrons. The predicted octanol–water partition coefficient (Wildman–Crippen LogP) is 5.78. The summed E-state index contributed by atoms with van der Waals surface area (Å²) >= 11 is 0. The number of hydrogen-bond acceptors (Lipinski definition) is 7. The van der Waals surface area contributed by atoms with Crippen molar-refractivity contribution in [3.63, 3.8) is 0 Å². The van der Waals surface area contributed by atoms with Crippen molar-refractivity contribution in [3.05, 3.63) is 72.3 Å². The third kappa shape index (κ3) is 15.1. The molecule has 0 bridgehead atoms. The molecule has 2 rings (SSSR count). The van der Waals surface area contributed by atoms with Gasteiger partial charge in [-0.2, -0.15) is 0 Å². The maximum Gasteiger partial charge on any atom is 0.290 e. The molecule has 2 aromatic rings. The fourth-order valence-corrected chi connectivity index (χ4v) is 3.43. The highest BCUT2D eigenvalue weighted by Crippen LogP contribution is 2.32. The van der Waals surface area contributed by atoms with Crippen molar-refractivity contribution in [1.82, 2.24) is 0 Å². The second kappa shape index (κ2) is 22.9. The van der Waals surface area contributed by atoms with Crippen LogP contribution in [0, 0.1) is 0 Å². The van der Waals surface area contributed by atoms with Crippen molar-refractivity contribution in [1.29, 1.82) is 0 Å². The third-order valence-corrected chi connectivity index (χ3v) is 5.45. The van der Waals surface area contributed by atoms with Gasteiger partial charge >= 0.3 is 0 Å². The highest BCUT2D eigenvalue weighted by Gasteiger charge is 2.10. The van der Waals surface area contributed by atoms with Gasteiger partial charge in [-0.25, -0.2) is 0 Å². The summed E-state index contributed by atoms with van der Waals surface area (Å²) in [5, 5.41) is 37.1. The Bertz CT molecular complexity index is 933. The number of alkyl halides is 1. The summed E-state index contributed by atoms with van der Waals surface area (Å²) in [5.74, 6) is 1.53. The van der Waals surface area contributed by atoms with Crippen molar-refractivity contribution >= 4 is 6.47 Å². The molecule has 0 aromatic heterocycles. The maximum atomic E-state index is 12.4. The lowest BCUT2D eigenvalue weighted by Crippen LogP contribution is -2.02. The van der Waals surface area contributed by atoms with Crippen LogP contribution in [0.1, 0.15) is 44.1 Å². The molecule has 2 aromatic carbocycles. The summed E-state index contributed by atoms with van der Waals surface area (Å²) in [7, 11) is 0. The molecule has 38 heavy (non-hydrogen) atoms. The molecule has 9 heteroatoms. The van der Waals surface area contributed by atoms with Gasteiger partial charge in [0.25, 0.3) is 6.47 Å². The minimum absolute atomic E-state index is 0.0312. The highest BCUT2D eigenvalue weighted by molar-refractivity contribution is 5.70. The van der Waals surface area contributed by atoms with E-state index in [0.29, 0.717) is 32.5 Å². The molecule has 0 saturated heterocycles. The molecule has 0 aliphatic carbocycles. The lowest BCUT2D eigenvalue weighted by molar-refractivity contribution is -0.176. The van der Waals surface area contributed by atoms with Crippen LogP contribution >= 0.6 is 0 Å². The van der Waals surface area contributed by atoms with Gasteiger partial charge < -0.3 is 24.8 Å². The molecule has 0 saturated carbocycles. The van der Waals surface area contributed by atoms with Gasteiger partial charge in [0.05, 0.1) is 33.1 Å². The number of rotatable bonds is 17. The van der Waals surface area contributed by atoms with Gasteiger partial charge in [-0.3, -0.25) is 19.7 Å². The lowest BCUT2D eigenvalue weighted by Gasteiger charge is -2.15. The topological polar surface area (TPSA) is 137 Å². The number of unbranched alkanes of at least 4 members (excludes halogenated alkanes) is 3. The third-order valence-electron chi connectivity index (χ3n) is 5.45. The number of carboxylic acid groups (broad SMARTS) is 1. The average molecular weight is 537 g/mol. The first-order valence-electron chi connectivity index (χ1n) is 12.4. The van der Waals surface area contributed by atoms with Crippen molar-refractivity contribution in [2.75, 3.05) is 33.1 Å². The Kier molecular flexibility index (Phi) is 21.0. The van der Waals surface area contributed by atoms with Gasteiger partial charge in [0.1, 0.15) is 11.5 Å². The minimum atomic E-state index is -0.252. The molecule has 0 atom stereocenters. The Morgan fingerprint density at radius 2 is 1.39 bits per heavy atom. The van der Waals surface area contributed by atoms with Crippen LogP contribution in [0.25, 0.3) is 11.1 Å². The lowest BCUT2D eigenvalue weighted by atomic mass is 9.95. The Morgan fingerprint density at radius 3 is 1.95 bits per heavy atom. The SMILES string of the molecule is C=C(CO)CCOc1cccc(-c2cc(OCCC(=C)CO)ccc2CCCCCCF)c1.O=CO.OO. The summed E-state index contributed by atoms with van der Waals surface area (Å²) in [6.07, 6.45) is 5.65. The number of ether oxygens (including phenoxy) is 2. The largest absolute Gasteiger partial charge is 0.493 e. The fourth-order valence-electron chi connectivity index (χ4n) is 3.43. The molecule has 0 aliphatic heterocycles. The summed E-state index contributed by atoms with van der Waals surface area (Å²) in [4.78, 5) is 8.36. The standard InChI is InChI=1S/C28H37FO4.CH2O2.H2O2/c1-22(20-30)13-16-32-26-10-7-9-25(18-26)28-19-27(33-17-14-23(2)21-31)12-11-24(28)8-5-3-4-6-15-29;2-1-3;1-2/h7,9-12,18-19,30-31H,1-6,8,13-17,20-21H2;1H,(H,2,3);1-2H. The normalized spacial score (nSPS) is 9.82. The number of carbonyl (C=O) groups is 1. The van der Waals surface area contributed by atoms with Gasteiger partial charge in [-0.05, 0) is 71.4 Å². The Balaban J connectivity index is 0.00000255. The zero-order chi connectivity index (χ0) is 28.6. The number of aliphatic hydroxyl groups is 2. The van der Waals surface area contributed by atoms with E-state index in [2.05, 4.69) is 25.3 Å². The van der Waals surface area contributed by atoms with Gasteiger partial charge in [-0.1, -0.05) is 44.2 Å². The van der Waals surface area contributed by atoms with Crippen molar-refractivity contribution in [3.8, 4) is 22.6 Å². The predicted molar refractivity (Wildman–Crippen MR) is 147 cm³/mol. The molecule has 0 amide bonds. The van der Waals surface area contributed by atoms with E-state index < -0.39 is 0 Å². The molecular weight excluding hydrogens is 495 g/mol. The zero-order valence-corrected chi connectivity index (χ0v) is 21.9. The van der Waals surface area contributed by atoms with Crippen molar-refractivity contribution in [2.45, 2.75) is 44.9 Å². The summed E-state index contributed by atoms with van der Waals surface area (Å²) < 4.78 is 24.2. The van der Waals surface area contributed by atoms with Crippen LogP contribution in [0.4, 0.5) is 4.39 Å². The molecular formula is C29H41FO8. The van der Waals surface area contributed by atoms with Crippen molar-refractivity contribution in [2.24, 2.45) is 0 Å². The molecule has 212 valence electrons. The number of halogens is 1. The van der Waals surface area contributed by atoms with Crippen molar-refractivity contribution < 1.29 is 44.5 Å². The van der Waals surface area contributed by atoms with E-state index in [1.165, 1.54) is 5.56 Å². The fraction of sp³-hybridized carbons (Fsp3) is 0.414. The summed E-state index contributed by atoms with van der Waals surface area (Å²) in [6, 6.07) is 14.1. The van der Waals surface area contributed by atoms with Gasteiger partial charge in [-0.15, -0.1) is 0 Å². The van der Waals surface area contributed by atoms with Crippen LogP contribution in [-0.4, -0.2) is 65.4 Å². The van der Waals surface area contributed by atoms with Crippen LogP contribution in [0.15, 0.2) is 66.8 Å². The highest BCUT2D eigenvalue weighted by atomic mass is 19.1. The van der Waals surface area contributed by atoms with E-state index >= 15 is 0 Å². The van der Waals surface area contributed by atoms with Gasteiger partial charge in [0.2, 0.25) is 0 Å². The van der Waals surface area contributed by atoms with Crippen LogP contribution in [0.3, 0.4) is 0 Å². The van der Waals surface area contributed by atoms with Crippen LogP contribution in [-0.2, 0) is 11.2 Å². The van der Waals surface area contributed by atoms with Crippen LogP contribution in [0.2, 0.25) is 0 Å². The summed E-state index contributed by atoms with van der Waals surface area (Å²) in [5.41, 5.74) is 4.83. The molecule has 0 fully saturated rings. The number of hydrogen-bond donors (Lipinski definition) is 5. The van der Waals surface area contributed by atoms with E-state index in [1.54, 1.807) is 0 Å². The van der Waals surface area contributed by atoms with Crippen LogP contribution in [0.5, 0.6) is 11.5 Å². The number of aliphatic hydroxyl groups excluding tert-OH is 2. The smallest absolute Gasteiger partial charge is 0.290 e. The Morgan fingerprint density at radius 1 is 0.842 bits per heavy atom. The average Bonchev–Trinajstić information content (AvgIpc) is 2.95. The molecule has 8 nitrogen and oxygen atoms in total. The molecule has 0 aliphatic rings. The molecule has 0 spiro atoms. The second-order valence-electron chi connectivity index (χ2n) is 8.32. The van der Waals surface area contributed by atoms with Gasteiger partial charge in [0, 0.05) is 12.8 Å². The van der Waals surface area contributed by atoms with E-state index in [-0.39, 0.29) is 26.4 Å². The monoisotopic (exact) mass is 536 g/mol. The quantitative estimate of drug-likeness (QED) is 0.0564. The van der Waals surface area contributed by atoms with E-state index in [0.717, 1.165) is 59.5 Å². The van der Waals surface area contributed by atoms with Crippen LogP contribution < -0.4 is 9.47 Å². The first-order valence-corrected chi connectivity index (χ1v) is 12.4. The molecule has 5 N–H and O–H groups in total. The Hall–Kier alpha value is -3.24. The van der Waals surface area contributed by atoms with E-state index in [9.17, 15) is 4.39 Å². The maximum absolute atomic E-state index is 12.4. The number of aryl methyl sites for hydroxylation is 1. The van der Waals surface area contributed by atoms with E-state index in [1.807, 2.05) is 30.3 Å². The minimum Gasteiger partial charge on any atom is -0.493 e. The van der Waals surface area contributed by atoms with E-state index in [4.69, 9.17) is 40.1 Å². The molecule has 0 heterocycles. The Labute approximate surface area is 224 Å². The molecule has 0 unspecified atom stereocenters. The first-order chi connectivity index (χ1) is 18.5. The summed E-state index contributed by atoms with van der Waals surface area (Å²) in [6.45, 7) is 7.95. The van der Waals surface area contributed by atoms with Gasteiger partial charge in [0.15, 0.2) is 0 Å². The first kappa shape index (κ1) is 34.8. The zero-order valence-electron chi connectivity index (χ0n) is 21.9.